The molecule has 72 heavy (non-hydrogen) atoms. The van der Waals surface area contributed by atoms with Gasteiger partial charge in [-0.2, -0.15) is 9.97 Å². The minimum Gasteiger partial charge on any atom is -0.508 e. The number of imide groups is 1. The molecule has 1 aliphatic carbocycles. The number of piperazine rings is 1. The Hall–Kier alpha value is -6.24. The largest absolute Gasteiger partial charge is 0.508 e. The van der Waals surface area contributed by atoms with E-state index in [4.69, 9.17) is 9.72 Å². The number of phenolic OH excluding ortho intramolecular Hbond substituents is 1. The van der Waals surface area contributed by atoms with Crippen molar-refractivity contribution in [2.75, 3.05) is 98.7 Å². The lowest BCUT2D eigenvalue weighted by atomic mass is 9.91. The predicted molar refractivity (Wildman–Crippen MR) is 271 cm³/mol. The molecule has 0 bridgehead atoms. The second kappa shape index (κ2) is 18.4. The lowest BCUT2D eigenvalue weighted by Crippen LogP contribution is -2.54. The molecule has 11 rings (SSSR count). The van der Waals surface area contributed by atoms with Gasteiger partial charge in [0.15, 0.2) is 5.82 Å². The van der Waals surface area contributed by atoms with Gasteiger partial charge in [-0.15, -0.1) is 0 Å². The first-order valence-electron chi connectivity index (χ1n) is 25.5. The second-order valence-electron chi connectivity index (χ2n) is 21.5. The zero-order valence-electron chi connectivity index (χ0n) is 41.3. The predicted octanol–water partition coefficient (Wildman–Crippen LogP) is 7.06. The minimum absolute atomic E-state index is 0.00143. The van der Waals surface area contributed by atoms with Gasteiger partial charge in [0.1, 0.15) is 46.1 Å². The molecular weight excluding hydrogens is 926 g/mol. The Kier molecular flexibility index (Phi) is 12.3. The summed E-state index contributed by atoms with van der Waals surface area (Å²) in [4.78, 5) is 51.4. The van der Waals surface area contributed by atoms with Crippen molar-refractivity contribution in [1.29, 1.82) is 0 Å². The molecule has 6 aliphatic rings. The first kappa shape index (κ1) is 48.1. The van der Waals surface area contributed by atoms with Crippen molar-refractivity contribution in [3.8, 4) is 23.0 Å². The molecule has 7 heterocycles. The number of phenols is 1. The monoisotopic (exact) mass is 988 g/mol. The number of benzene rings is 3. The summed E-state index contributed by atoms with van der Waals surface area (Å²) >= 11 is 0. The number of nitrogens with zero attached hydrogens (tertiary/aromatic N) is 9. The Balaban J connectivity index is 0.738. The van der Waals surface area contributed by atoms with Gasteiger partial charge in [-0.3, -0.25) is 24.8 Å². The molecule has 2 amide bonds. The van der Waals surface area contributed by atoms with E-state index in [9.17, 15) is 19.8 Å². The molecule has 15 nitrogen and oxygen atoms in total. The second-order valence-corrected chi connectivity index (χ2v) is 21.5. The van der Waals surface area contributed by atoms with Crippen molar-refractivity contribution in [3.05, 3.63) is 78.3 Å². The highest BCUT2D eigenvalue weighted by atomic mass is 19.1. The third-order valence-electron chi connectivity index (χ3n) is 16.2. The van der Waals surface area contributed by atoms with Crippen molar-refractivity contribution in [1.82, 2.24) is 30.1 Å². The van der Waals surface area contributed by atoms with Crippen LogP contribution in [0.3, 0.4) is 0 Å². The van der Waals surface area contributed by atoms with E-state index in [0.29, 0.717) is 105 Å². The Morgan fingerprint density at radius 3 is 2.39 bits per heavy atom. The number of β-amino-alcohol motifs (C(OH)–C–C–N with tert-alkyl or cyclic N) is 1. The van der Waals surface area contributed by atoms with Crippen LogP contribution >= 0.6 is 0 Å². The van der Waals surface area contributed by atoms with Crippen LogP contribution in [-0.4, -0.2) is 143 Å². The molecule has 2 aromatic heterocycles. The summed E-state index contributed by atoms with van der Waals surface area (Å²) in [5.41, 5.74) is 0.943. The number of pyridine rings is 1. The van der Waals surface area contributed by atoms with Crippen LogP contribution in [0.15, 0.2) is 61.1 Å². The van der Waals surface area contributed by atoms with E-state index < -0.39 is 28.9 Å². The van der Waals surface area contributed by atoms with Gasteiger partial charge in [-0.05, 0) is 111 Å². The van der Waals surface area contributed by atoms with E-state index in [0.717, 1.165) is 62.6 Å². The van der Waals surface area contributed by atoms with Crippen molar-refractivity contribution >= 4 is 56.4 Å². The summed E-state index contributed by atoms with van der Waals surface area (Å²) in [6.45, 7) is 14.4. The van der Waals surface area contributed by atoms with Crippen molar-refractivity contribution in [2.24, 2.45) is 5.41 Å². The van der Waals surface area contributed by atoms with E-state index >= 15 is 13.2 Å². The number of carbonyl (C=O) groups is 2. The normalized spacial score (nSPS) is 23.5. The summed E-state index contributed by atoms with van der Waals surface area (Å²) in [5.74, 6) is -0.759. The number of nitrogens with one attached hydrogen (secondary N) is 1. The number of piperidine rings is 3. The molecule has 4 saturated heterocycles. The maximum absolute atomic E-state index is 17.1. The van der Waals surface area contributed by atoms with E-state index in [2.05, 4.69) is 48.7 Å². The maximum atomic E-state index is 17.1. The Morgan fingerprint density at radius 1 is 0.903 bits per heavy atom. The Bertz CT molecular complexity index is 2990. The van der Waals surface area contributed by atoms with Gasteiger partial charge in [-0.25, -0.2) is 13.2 Å². The average Bonchev–Trinajstić information content (AvgIpc) is 4.08. The number of hydrogen-bond donors (Lipinski definition) is 3. The summed E-state index contributed by atoms with van der Waals surface area (Å²) in [6, 6.07) is 11.6. The summed E-state index contributed by atoms with van der Waals surface area (Å²) < 4.78 is 55.4. The lowest BCUT2D eigenvalue weighted by Gasteiger charge is -2.43. The smallest absolute Gasteiger partial charge is 0.319 e. The van der Waals surface area contributed by atoms with Crippen LogP contribution in [0.2, 0.25) is 0 Å². The molecule has 0 radical (unpaired) electrons. The number of carbonyl (C=O) groups excluding carboxylic acids is 2. The molecule has 5 fully saturated rings. The number of aromatic nitrogens is 3. The highest BCUT2D eigenvalue weighted by molar-refractivity contribution is 6.04. The van der Waals surface area contributed by atoms with Crippen LogP contribution in [-0.2, 0) is 16.0 Å². The highest BCUT2D eigenvalue weighted by Crippen LogP contribution is 2.48. The Morgan fingerprint density at radius 2 is 1.67 bits per heavy atom. The molecule has 1 unspecified atom stereocenters. The van der Waals surface area contributed by atoms with Crippen molar-refractivity contribution in [2.45, 2.75) is 88.9 Å². The zero-order valence-corrected chi connectivity index (χ0v) is 41.3. The molecule has 2 atom stereocenters. The van der Waals surface area contributed by atoms with E-state index in [-0.39, 0.29) is 58.7 Å². The number of aliphatic hydroxyl groups is 1. The number of likely N-dealkylation sites (tertiary alicyclic amines) is 1. The standard InChI is InChI=1S/C54H63F3N10O5/c1-5-37-40(55)9-7-34-25-36(68)27-38(45(34)37)47-46(56)48-39(28-58-47)49(66-18-6-13-52(3,71)29-66)61-51(60-48)72-32-53(14-15-53)30-63-19-16-54(57,17-20-63)31-64-21-23-65(24-22-64)35-8-10-41-43(26-35)62(4)33(2)67(41)42-11-12-44(69)59-50(42)70/h7-10,25-28,42,68,71H,2,5-6,11-24,29-32H2,1,3-4H3,(H,59,69,70)/t42?,52-/m1/s1. The highest BCUT2D eigenvalue weighted by Gasteiger charge is 2.47. The summed E-state index contributed by atoms with van der Waals surface area (Å²) in [5, 5.41) is 25.7. The van der Waals surface area contributed by atoms with Crippen LogP contribution in [0, 0.1) is 17.0 Å². The molecule has 18 heteroatoms. The third-order valence-corrected chi connectivity index (χ3v) is 16.2. The van der Waals surface area contributed by atoms with Gasteiger partial charge in [0.05, 0.1) is 29.0 Å². The van der Waals surface area contributed by atoms with Crippen LogP contribution in [0.5, 0.6) is 11.8 Å². The fourth-order valence-electron chi connectivity index (χ4n) is 11.9. The molecular formula is C54H63F3N10O5. The number of hydrogen-bond acceptors (Lipinski definition) is 14. The number of ether oxygens (including phenoxy) is 1. The van der Waals surface area contributed by atoms with E-state index in [1.165, 1.54) is 24.4 Å². The van der Waals surface area contributed by atoms with Crippen LogP contribution in [0.4, 0.5) is 36.1 Å². The number of alkyl halides is 1. The van der Waals surface area contributed by atoms with Crippen LogP contribution < -0.4 is 29.7 Å². The molecule has 1 saturated carbocycles. The number of rotatable bonds is 12. The lowest BCUT2D eigenvalue weighted by molar-refractivity contribution is -0.134. The SMILES string of the molecule is C=C1N(C)c2cc(N3CCN(CC4(F)CCN(CC5(COc6nc(N7CCC[C@@](C)(O)C7)c7cnc(-c8cc(O)cc9ccc(F)c(CC)c89)c(F)c7n6)CC5)CC4)CC3)ccc2N1C1CCC(=O)NC1=O. The molecule has 0 spiro atoms. The minimum atomic E-state index is -1.30. The van der Waals surface area contributed by atoms with Crippen LogP contribution in [0.25, 0.3) is 32.9 Å². The quantitative estimate of drug-likeness (QED) is 0.109. The molecule has 5 aliphatic heterocycles. The number of amides is 2. The maximum Gasteiger partial charge on any atom is 0.319 e. The summed E-state index contributed by atoms with van der Waals surface area (Å²) in [6.07, 6.45) is 6.57. The fourth-order valence-corrected chi connectivity index (χ4v) is 11.9. The van der Waals surface area contributed by atoms with Gasteiger partial charge in [0.25, 0.3) is 0 Å². The third kappa shape index (κ3) is 9.03. The fraction of sp³-hybridized carbons (Fsp3) is 0.500. The zero-order chi connectivity index (χ0) is 50.3. The molecule has 380 valence electrons. The number of aryl methyl sites for hydroxylation is 1. The first-order chi connectivity index (χ1) is 34.5. The number of anilines is 4. The van der Waals surface area contributed by atoms with Gasteiger partial charge in [-0.1, -0.05) is 19.6 Å². The average molecular weight is 989 g/mol. The van der Waals surface area contributed by atoms with Crippen LogP contribution in [0.1, 0.15) is 70.8 Å². The molecule has 3 aromatic carbocycles. The van der Waals surface area contributed by atoms with Gasteiger partial charge in [0, 0.05) is 102 Å². The number of aromatic hydroxyl groups is 1. The van der Waals surface area contributed by atoms with Gasteiger partial charge < -0.3 is 39.4 Å². The van der Waals surface area contributed by atoms with E-state index in [1.54, 1.807) is 13.0 Å². The summed E-state index contributed by atoms with van der Waals surface area (Å²) in [7, 11) is 1.94. The molecule has 5 aromatic rings. The van der Waals surface area contributed by atoms with E-state index in [1.807, 2.05) is 34.7 Å². The molecule has 3 N–H and O–H groups in total. The Labute approximate surface area is 417 Å². The number of fused-ring (bicyclic) bond motifs is 3. The first-order valence-corrected chi connectivity index (χ1v) is 25.5. The van der Waals surface area contributed by atoms with Crippen molar-refractivity contribution in [3.63, 3.8) is 0 Å². The van der Waals surface area contributed by atoms with Gasteiger partial charge in [0.2, 0.25) is 11.8 Å². The van der Waals surface area contributed by atoms with Crippen molar-refractivity contribution < 1.29 is 37.7 Å². The topological polar surface area (TPSA) is 154 Å². The number of halogens is 3. The van der Waals surface area contributed by atoms with Gasteiger partial charge >= 0.3 is 6.01 Å².